The summed E-state index contributed by atoms with van der Waals surface area (Å²) in [5.74, 6) is 0.0754. The lowest BCUT2D eigenvalue weighted by molar-refractivity contribution is -0.0504. The minimum Gasteiger partial charge on any atom is -0.434 e. The summed E-state index contributed by atoms with van der Waals surface area (Å²) in [4.78, 5) is 20.4. The number of amides is 2. The second-order valence-corrected chi connectivity index (χ2v) is 6.31. The average Bonchev–Trinajstić information content (AvgIpc) is 3.15. The highest BCUT2D eigenvalue weighted by Crippen LogP contribution is 2.21. The first-order valence-corrected chi connectivity index (χ1v) is 8.71. The van der Waals surface area contributed by atoms with Crippen molar-refractivity contribution in [3.8, 4) is 5.75 Å². The van der Waals surface area contributed by atoms with Crippen molar-refractivity contribution in [2.75, 3.05) is 31.1 Å². The molecule has 1 aliphatic rings. The standard InChI is InChI=1S/C16H18F2N4O2S/c17-14(18)24-13-4-2-1-3-12(13)11-20-15(23)21-6-8-22(9-7-21)16-19-5-10-25-16/h1-5,10,14H,6-9,11H2,(H,20,23). The van der Waals surface area contributed by atoms with Gasteiger partial charge in [-0.15, -0.1) is 11.3 Å². The summed E-state index contributed by atoms with van der Waals surface area (Å²) in [5.41, 5.74) is 0.512. The highest BCUT2D eigenvalue weighted by atomic mass is 32.1. The van der Waals surface area contributed by atoms with Gasteiger partial charge < -0.3 is 19.9 Å². The van der Waals surface area contributed by atoms with E-state index in [1.807, 2.05) is 5.38 Å². The smallest absolute Gasteiger partial charge is 0.387 e. The Bertz CT molecular complexity index is 691. The molecule has 0 spiro atoms. The number of anilines is 1. The molecule has 6 nitrogen and oxygen atoms in total. The fourth-order valence-corrected chi connectivity index (χ4v) is 3.31. The summed E-state index contributed by atoms with van der Waals surface area (Å²) < 4.78 is 29.3. The van der Waals surface area contributed by atoms with Gasteiger partial charge in [-0.2, -0.15) is 8.78 Å². The Morgan fingerprint density at radius 2 is 2.04 bits per heavy atom. The molecule has 1 aromatic carbocycles. The van der Waals surface area contributed by atoms with E-state index >= 15 is 0 Å². The number of aromatic nitrogens is 1. The van der Waals surface area contributed by atoms with Crippen LogP contribution in [0.25, 0.3) is 0 Å². The van der Waals surface area contributed by atoms with Crippen molar-refractivity contribution >= 4 is 22.5 Å². The molecule has 3 rings (SSSR count). The molecule has 1 fully saturated rings. The van der Waals surface area contributed by atoms with Gasteiger partial charge in [0.15, 0.2) is 5.13 Å². The second-order valence-electron chi connectivity index (χ2n) is 5.43. The molecule has 1 aromatic heterocycles. The van der Waals surface area contributed by atoms with Crippen LogP contribution in [0, 0.1) is 0 Å². The van der Waals surface area contributed by atoms with Crippen LogP contribution in [-0.2, 0) is 6.54 Å². The van der Waals surface area contributed by atoms with Crippen molar-refractivity contribution in [1.29, 1.82) is 0 Å². The minimum atomic E-state index is -2.89. The molecule has 1 aliphatic heterocycles. The van der Waals surface area contributed by atoms with Crippen LogP contribution in [0.4, 0.5) is 18.7 Å². The van der Waals surface area contributed by atoms with Crippen LogP contribution in [0.1, 0.15) is 5.56 Å². The predicted molar refractivity (Wildman–Crippen MR) is 91.2 cm³/mol. The van der Waals surface area contributed by atoms with Crippen molar-refractivity contribution in [2.24, 2.45) is 0 Å². The fraction of sp³-hybridized carbons (Fsp3) is 0.375. The molecule has 0 radical (unpaired) electrons. The number of nitrogens with zero attached hydrogens (tertiary/aromatic N) is 3. The number of nitrogens with one attached hydrogen (secondary N) is 1. The van der Waals surface area contributed by atoms with Gasteiger partial charge in [-0.1, -0.05) is 18.2 Å². The van der Waals surface area contributed by atoms with Gasteiger partial charge in [0.2, 0.25) is 0 Å². The normalized spacial score (nSPS) is 14.7. The number of benzene rings is 1. The zero-order valence-electron chi connectivity index (χ0n) is 13.4. The van der Waals surface area contributed by atoms with Crippen molar-refractivity contribution in [1.82, 2.24) is 15.2 Å². The summed E-state index contributed by atoms with van der Waals surface area (Å²) in [5, 5.41) is 5.64. The molecule has 0 saturated carbocycles. The van der Waals surface area contributed by atoms with Gasteiger partial charge in [0.1, 0.15) is 5.75 Å². The number of urea groups is 1. The van der Waals surface area contributed by atoms with Crippen LogP contribution in [0.2, 0.25) is 0 Å². The van der Waals surface area contributed by atoms with Crippen LogP contribution in [0.5, 0.6) is 5.75 Å². The number of halogens is 2. The Morgan fingerprint density at radius 1 is 1.28 bits per heavy atom. The molecule has 134 valence electrons. The molecule has 2 amide bonds. The van der Waals surface area contributed by atoms with E-state index in [0.717, 1.165) is 5.13 Å². The maximum Gasteiger partial charge on any atom is 0.387 e. The Kier molecular flexibility index (Phi) is 5.64. The number of carbonyl (C=O) groups is 1. The van der Waals surface area contributed by atoms with Gasteiger partial charge in [0.25, 0.3) is 0 Å². The van der Waals surface area contributed by atoms with Crippen LogP contribution < -0.4 is 15.0 Å². The van der Waals surface area contributed by atoms with E-state index in [2.05, 4.69) is 19.9 Å². The Hall–Kier alpha value is -2.42. The van der Waals surface area contributed by atoms with Crippen molar-refractivity contribution in [3.05, 3.63) is 41.4 Å². The van der Waals surface area contributed by atoms with Gasteiger partial charge in [-0.25, -0.2) is 9.78 Å². The Balaban J connectivity index is 1.50. The number of rotatable bonds is 5. The van der Waals surface area contributed by atoms with Crippen molar-refractivity contribution < 1.29 is 18.3 Å². The molecular formula is C16H18F2N4O2S. The number of piperazine rings is 1. The van der Waals surface area contributed by atoms with Gasteiger partial charge in [-0.05, 0) is 6.07 Å². The molecule has 1 N–H and O–H groups in total. The summed E-state index contributed by atoms with van der Waals surface area (Å²) in [6.45, 7) is -0.163. The lowest BCUT2D eigenvalue weighted by Gasteiger charge is -2.34. The molecule has 1 saturated heterocycles. The van der Waals surface area contributed by atoms with Crippen LogP contribution in [0.3, 0.4) is 0 Å². The largest absolute Gasteiger partial charge is 0.434 e. The fourth-order valence-electron chi connectivity index (χ4n) is 2.62. The quantitative estimate of drug-likeness (QED) is 0.882. The third-order valence-electron chi connectivity index (χ3n) is 3.88. The maximum atomic E-state index is 12.4. The number of hydrogen-bond acceptors (Lipinski definition) is 5. The average molecular weight is 368 g/mol. The first-order chi connectivity index (χ1) is 12.1. The van der Waals surface area contributed by atoms with Gasteiger partial charge >= 0.3 is 12.6 Å². The Labute approximate surface area is 148 Å². The van der Waals surface area contributed by atoms with Crippen molar-refractivity contribution in [2.45, 2.75) is 13.2 Å². The van der Waals surface area contributed by atoms with Gasteiger partial charge in [0.05, 0.1) is 0 Å². The van der Waals surface area contributed by atoms with Crippen LogP contribution in [0.15, 0.2) is 35.8 Å². The molecule has 0 bridgehead atoms. The third-order valence-corrected chi connectivity index (χ3v) is 4.71. The predicted octanol–water partition coefficient (Wildman–Crippen LogP) is 2.78. The molecule has 2 heterocycles. The lowest BCUT2D eigenvalue weighted by Crippen LogP contribution is -2.51. The molecule has 0 unspecified atom stereocenters. The number of thiazole rings is 1. The molecule has 0 aliphatic carbocycles. The summed E-state index contributed by atoms with van der Waals surface area (Å²) in [7, 11) is 0. The Morgan fingerprint density at radius 3 is 2.72 bits per heavy atom. The topological polar surface area (TPSA) is 57.7 Å². The summed E-state index contributed by atoms with van der Waals surface area (Å²) >= 11 is 1.57. The maximum absolute atomic E-state index is 12.4. The molecular weight excluding hydrogens is 350 g/mol. The van der Waals surface area contributed by atoms with E-state index in [1.165, 1.54) is 6.07 Å². The zero-order valence-corrected chi connectivity index (χ0v) is 14.2. The first kappa shape index (κ1) is 17.4. The van der Waals surface area contributed by atoms with E-state index in [4.69, 9.17) is 0 Å². The monoisotopic (exact) mass is 368 g/mol. The summed E-state index contributed by atoms with van der Waals surface area (Å²) in [6, 6.07) is 6.22. The van der Waals surface area contributed by atoms with Crippen molar-refractivity contribution in [3.63, 3.8) is 0 Å². The second kappa shape index (κ2) is 8.11. The van der Waals surface area contributed by atoms with Crippen LogP contribution >= 0.6 is 11.3 Å². The SMILES string of the molecule is O=C(NCc1ccccc1OC(F)F)N1CCN(c2nccs2)CC1. The number of hydrogen-bond donors (Lipinski definition) is 1. The highest BCUT2D eigenvalue weighted by molar-refractivity contribution is 7.13. The van der Waals surface area contributed by atoms with Gasteiger partial charge in [0, 0.05) is 49.9 Å². The zero-order chi connectivity index (χ0) is 17.6. The number of carbonyl (C=O) groups excluding carboxylic acids is 1. The van der Waals surface area contributed by atoms with Gasteiger partial charge in [-0.3, -0.25) is 0 Å². The molecule has 9 heteroatoms. The molecule has 0 atom stereocenters. The third kappa shape index (κ3) is 4.56. The van der Waals surface area contributed by atoms with E-state index in [-0.39, 0.29) is 18.3 Å². The minimum absolute atomic E-state index is 0.0754. The first-order valence-electron chi connectivity index (χ1n) is 7.83. The summed E-state index contributed by atoms with van der Waals surface area (Å²) in [6.07, 6.45) is 1.76. The highest BCUT2D eigenvalue weighted by Gasteiger charge is 2.22. The number of alkyl halides is 2. The van der Waals surface area contributed by atoms with E-state index in [0.29, 0.717) is 31.7 Å². The van der Waals surface area contributed by atoms with E-state index in [1.54, 1.807) is 40.6 Å². The van der Waals surface area contributed by atoms with E-state index in [9.17, 15) is 13.6 Å². The number of ether oxygens (including phenoxy) is 1. The lowest BCUT2D eigenvalue weighted by atomic mass is 10.2. The number of para-hydroxylation sites is 1. The molecule has 2 aromatic rings. The van der Waals surface area contributed by atoms with Crippen LogP contribution in [-0.4, -0.2) is 48.7 Å². The van der Waals surface area contributed by atoms with E-state index < -0.39 is 6.61 Å². The molecule has 25 heavy (non-hydrogen) atoms.